The van der Waals surface area contributed by atoms with Gasteiger partial charge >= 0.3 is 0 Å². The molecule has 7 heteroatoms. The maximum Gasteiger partial charge on any atom is 0.272 e. The van der Waals surface area contributed by atoms with Crippen LogP contribution in [0.2, 0.25) is 5.02 Å². The number of aromatic nitrogens is 2. The summed E-state index contributed by atoms with van der Waals surface area (Å²) in [5.41, 5.74) is 3.91. The summed E-state index contributed by atoms with van der Waals surface area (Å²) < 4.78 is 0. The molecule has 3 heterocycles. The second-order valence-electron chi connectivity index (χ2n) is 7.16. The molecule has 1 fully saturated rings. The van der Waals surface area contributed by atoms with Gasteiger partial charge in [-0.1, -0.05) is 23.7 Å². The van der Waals surface area contributed by atoms with Gasteiger partial charge in [-0.25, -0.2) is 0 Å². The minimum atomic E-state index is -0.172. The fraction of sp³-hybridized carbons (Fsp3) is 0.450. The van der Waals surface area contributed by atoms with Crippen LogP contribution in [-0.2, 0) is 12.8 Å². The van der Waals surface area contributed by atoms with E-state index in [2.05, 4.69) is 33.0 Å². The standard InChI is InChI=1S/C20H23ClN4OS/c1-22-20(26)18-19-15(10-17(27-19)13-4-6-14(21)7-5-13)16(24-25-18)9-12-3-2-8-23-11-12/h4-7,12,17,23H,2-3,8-11H2,1H3,(H,22,26). The zero-order chi connectivity index (χ0) is 18.8. The van der Waals surface area contributed by atoms with Crippen molar-refractivity contribution in [2.75, 3.05) is 20.1 Å². The molecule has 0 spiro atoms. The molecule has 1 aromatic carbocycles. The van der Waals surface area contributed by atoms with E-state index >= 15 is 0 Å². The third-order valence-electron chi connectivity index (χ3n) is 5.32. The van der Waals surface area contributed by atoms with E-state index in [1.54, 1.807) is 18.8 Å². The van der Waals surface area contributed by atoms with Crippen LogP contribution >= 0.6 is 23.4 Å². The van der Waals surface area contributed by atoms with Crippen molar-refractivity contribution in [3.05, 3.63) is 51.8 Å². The van der Waals surface area contributed by atoms with Gasteiger partial charge in [0.25, 0.3) is 5.91 Å². The van der Waals surface area contributed by atoms with Crippen molar-refractivity contribution in [2.24, 2.45) is 5.92 Å². The second-order valence-corrected chi connectivity index (χ2v) is 8.81. The van der Waals surface area contributed by atoms with Crippen molar-refractivity contribution < 1.29 is 4.79 Å². The molecular formula is C20H23ClN4OS. The lowest BCUT2D eigenvalue weighted by Gasteiger charge is -2.23. The van der Waals surface area contributed by atoms with Crippen LogP contribution in [0.25, 0.3) is 0 Å². The lowest BCUT2D eigenvalue weighted by atomic mass is 9.91. The first-order valence-corrected chi connectivity index (χ1v) is 10.6. The molecule has 27 heavy (non-hydrogen) atoms. The minimum absolute atomic E-state index is 0.172. The minimum Gasteiger partial charge on any atom is -0.354 e. The molecule has 1 saturated heterocycles. The summed E-state index contributed by atoms with van der Waals surface area (Å²) in [6.07, 6.45) is 4.22. The monoisotopic (exact) mass is 402 g/mol. The highest BCUT2D eigenvalue weighted by atomic mass is 35.5. The Morgan fingerprint density at radius 3 is 2.85 bits per heavy atom. The Morgan fingerprint density at radius 2 is 2.15 bits per heavy atom. The largest absolute Gasteiger partial charge is 0.354 e. The first kappa shape index (κ1) is 18.7. The summed E-state index contributed by atoms with van der Waals surface area (Å²) in [7, 11) is 1.63. The van der Waals surface area contributed by atoms with E-state index in [-0.39, 0.29) is 11.2 Å². The van der Waals surface area contributed by atoms with Crippen LogP contribution in [0.5, 0.6) is 0 Å². The number of hydrogen-bond donors (Lipinski definition) is 2. The first-order valence-electron chi connectivity index (χ1n) is 9.39. The van der Waals surface area contributed by atoms with Crippen LogP contribution in [0.4, 0.5) is 0 Å². The topological polar surface area (TPSA) is 66.9 Å². The van der Waals surface area contributed by atoms with E-state index in [0.717, 1.165) is 41.5 Å². The second kappa shape index (κ2) is 8.17. The molecule has 0 aliphatic carbocycles. The van der Waals surface area contributed by atoms with Crippen LogP contribution < -0.4 is 10.6 Å². The van der Waals surface area contributed by atoms with Crippen molar-refractivity contribution in [3.8, 4) is 0 Å². The number of thioether (sulfide) groups is 1. The molecule has 0 radical (unpaired) electrons. The summed E-state index contributed by atoms with van der Waals surface area (Å²) in [4.78, 5) is 13.3. The van der Waals surface area contributed by atoms with Crippen LogP contribution in [0.3, 0.4) is 0 Å². The molecule has 2 aliphatic rings. The van der Waals surface area contributed by atoms with E-state index in [1.807, 2.05) is 12.1 Å². The number of rotatable bonds is 4. The van der Waals surface area contributed by atoms with Crippen LogP contribution in [0.15, 0.2) is 29.2 Å². The van der Waals surface area contributed by atoms with Gasteiger partial charge in [0.15, 0.2) is 5.69 Å². The molecule has 142 valence electrons. The van der Waals surface area contributed by atoms with Crippen molar-refractivity contribution in [3.63, 3.8) is 0 Å². The highest BCUT2D eigenvalue weighted by Gasteiger charge is 2.32. The molecular weight excluding hydrogens is 380 g/mol. The highest BCUT2D eigenvalue weighted by molar-refractivity contribution is 8.00. The van der Waals surface area contributed by atoms with Crippen LogP contribution in [0.1, 0.15) is 45.4 Å². The first-order chi connectivity index (χ1) is 13.2. The summed E-state index contributed by atoms with van der Waals surface area (Å²) in [6, 6.07) is 7.98. The summed E-state index contributed by atoms with van der Waals surface area (Å²) in [6.45, 7) is 2.13. The van der Waals surface area contributed by atoms with Crippen LogP contribution in [0, 0.1) is 5.92 Å². The van der Waals surface area contributed by atoms with E-state index < -0.39 is 0 Å². The average Bonchev–Trinajstić information content (AvgIpc) is 3.15. The smallest absolute Gasteiger partial charge is 0.272 e. The number of fused-ring (bicyclic) bond motifs is 1. The Bertz CT molecular complexity index is 837. The van der Waals surface area contributed by atoms with Crippen molar-refractivity contribution in [1.82, 2.24) is 20.8 Å². The van der Waals surface area contributed by atoms with Gasteiger partial charge in [0.2, 0.25) is 0 Å². The van der Waals surface area contributed by atoms with Crippen molar-refractivity contribution in [1.29, 1.82) is 0 Å². The third-order valence-corrected chi connectivity index (χ3v) is 6.97. The van der Waals surface area contributed by atoms with Gasteiger partial charge in [-0.05, 0) is 68.0 Å². The number of amides is 1. The number of carbonyl (C=O) groups is 1. The van der Waals surface area contributed by atoms with Gasteiger partial charge in [-0.2, -0.15) is 5.10 Å². The van der Waals surface area contributed by atoms with Gasteiger partial charge in [-0.3, -0.25) is 4.79 Å². The predicted octanol–water partition coefficient (Wildman–Crippen LogP) is 3.42. The van der Waals surface area contributed by atoms with E-state index in [0.29, 0.717) is 11.6 Å². The Balaban J connectivity index is 1.65. The number of nitrogens with zero attached hydrogens (tertiary/aromatic N) is 2. The quantitative estimate of drug-likeness (QED) is 0.820. The number of nitrogens with one attached hydrogen (secondary N) is 2. The molecule has 2 aliphatic heterocycles. The highest BCUT2D eigenvalue weighted by Crippen LogP contribution is 2.48. The van der Waals surface area contributed by atoms with Gasteiger partial charge in [-0.15, -0.1) is 16.9 Å². The van der Waals surface area contributed by atoms with E-state index in [9.17, 15) is 4.79 Å². The Morgan fingerprint density at radius 1 is 1.33 bits per heavy atom. The summed E-state index contributed by atoms with van der Waals surface area (Å²) in [5.74, 6) is 0.413. The molecule has 1 amide bonds. The molecule has 0 saturated carbocycles. The molecule has 2 aromatic rings. The summed E-state index contributed by atoms with van der Waals surface area (Å²) >= 11 is 7.76. The normalized spacial score (nSPS) is 21.7. The number of carbonyl (C=O) groups excluding carboxylic acids is 1. The number of halogens is 1. The predicted molar refractivity (Wildman–Crippen MR) is 108 cm³/mol. The fourth-order valence-electron chi connectivity index (χ4n) is 3.86. The number of piperidine rings is 1. The molecule has 1 aromatic heterocycles. The maximum absolute atomic E-state index is 12.3. The van der Waals surface area contributed by atoms with Gasteiger partial charge in [0.05, 0.1) is 5.69 Å². The van der Waals surface area contributed by atoms with Crippen molar-refractivity contribution >= 4 is 29.3 Å². The van der Waals surface area contributed by atoms with E-state index in [4.69, 9.17) is 11.6 Å². The zero-order valence-electron chi connectivity index (χ0n) is 15.3. The molecule has 2 N–H and O–H groups in total. The Labute approximate surface area is 168 Å². The average molecular weight is 403 g/mol. The van der Waals surface area contributed by atoms with Gasteiger partial charge in [0.1, 0.15) is 0 Å². The SMILES string of the molecule is CNC(=O)c1nnc(CC2CCCNC2)c2c1SC(c1ccc(Cl)cc1)C2. The Kier molecular flexibility index (Phi) is 5.66. The third kappa shape index (κ3) is 3.98. The zero-order valence-corrected chi connectivity index (χ0v) is 16.9. The molecule has 4 rings (SSSR count). The van der Waals surface area contributed by atoms with Crippen molar-refractivity contribution in [2.45, 2.75) is 35.8 Å². The van der Waals surface area contributed by atoms with E-state index in [1.165, 1.54) is 24.0 Å². The summed E-state index contributed by atoms with van der Waals surface area (Å²) in [5, 5.41) is 15.9. The fourth-order valence-corrected chi connectivity index (χ4v) is 5.41. The van der Waals surface area contributed by atoms with Gasteiger partial charge < -0.3 is 10.6 Å². The van der Waals surface area contributed by atoms with Gasteiger partial charge in [0, 0.05) is 22.2 Å². The number of hydrogen-bond acceptors (Lipinski definition) is 5. The van der Waals surface area contributed by atoms with Crippen LogP contribution in [-0.4, -0.2) is 36.2 Å². The lowest BCUT2D eigenvalue weighted by molar-refractivity contribution is 0.0953. The molecule has 2 unspecified atom stereocenters. The molecule has 2 atom stereocenters. The maximum atomic E-state index is 12.3. The molecule has 0 bridgehead atoms. The Hall–Kier alpha value is -1.63. The lowest BCUT2D eigenvalue weighted by Crippen LogP contribution is -2.31. The molecule has 5 nitrogen and oxygen atoms in total. The number of benzene rings is 1.